The first-order valence-electron chi connectivity index (χ1n) is 10.3. The summed E-state index contributed by atoms with van der Waals surface area (Å²) in [6.07, 6.45) is 0. The molecular weight excluding hydrogens is 494 g/mol. The van der Waals surface area contributed by atoms with Crippen molar-refractivity contribution in [2.75, 3.05) is 13.2 Å². The van der Waals surface area contributed by atoms with Crippen LogP contribution in [-0.2, 0) is 0 Å². The molecule has 0 aliphatic carbocycles. The Hall–Kier alpha value is -1.90. The molecule has 0 heterocycles. The van der Waals surface area contributed by atoms with Gasteiger partial charge in [-0.05, 0) is 0 Å². The SMILES string of the molecule is ClC(COc1cccc2ccccc12)C[Se]CC(Cl)COc1cccc2ccccc12. The van der Waals surface area contributed by atoms with Gasteiger partial charge in [-0.2, -0.15) is 0 Å². The number of hydrogen-bond donors (Lipinski definition) is 0. The molecule has 0 aliphatic heterocycles. The summed E-state index contributed by atoms with van der Waals surface area (Å²) in [5.41, 5.74) is 0. The Kier molecular flexibility index (Phi) is 7.99. The molecule has 31 heavy (non-hydrogen) atoms. The molecule has 0 aliphatic rings. The first-order chi connectivity index (χ1) is 15.2. The van der Waals surface area contributed by atoms with Gasteiger partial charge in [0, 0.05) is 0 Å². The molecule has 2 nitrogen and oxygen atoms in total. The molecule has 0 spiro atoms. The molecule has 0 fully saturated rings. The van der Waals surface area contributed by atoms with Crippen LogP contribution in [0.5, 0.6) is 11.5 Å². The van der Waals surface area contributed by atoms with E-state index in [1.165, 1.54) is 10.8 Å². The third-order valence-electron chi connectivity index (χ3n) is 4.94. The Bertz CT molecular complexity index is 1030. The van der Waals surface area contributed by atoms with Crippen LogP contribution in [0.15, 0.2) is 84.9 Å². The Morgan fingerprint density at radius 2 is 1.00 bits per heavy atom. The van der Waals surface area contributed by atoms with Crippen molar-refractivity contribution in [1.82, 2.24) is 0 Å². The summed E-state index contributed by atoms with van der Waals surface area (Å²) < 4.78 is 12.0. The van der Waals surface area contributed by atoms with Crippen LogP contribution in [0.1, 0.15) is 0 Å². The molecule has 0 amide bonds. The van der Waals surface area contributed by atoms with Gasteiger partial charge in [-0.25, -0.2) is 0 Å². The molecule has 0 aromatic heterocycles. The van der Waals surface area contributed by atoms with E-state index in [1.54, 1.807) is 0 Å². The van der Waals surface area contributed by atoms with Crippen LogP contribution in [0.2, 0.25) is 10.6 Å². The monoisotopic (exact) mass is 518 g/mol. The number of fused-ring (bicyclic) bond motifs is 2. The van der Waals surface area contributed by atoms with Crippen molar-refractivity contribution in [1.29, 1.82) is 0 Å². The van der Waals surface area contributed by atoms with Crippen molar-refractivity contribution >= 4 is 59.7 Å². The molecule has 0 bridgehead atoms. The summed E-state index contributed by atoms with van der Waals surface area (Å²) in [7, 11) is 0. The third kappa shape index (κ3) is 6.08. The van der Waals surface area contributed by atoms with Crippen molar-refractivity contribution in [3.63, 3.8) is 0 Å². The van der Waals surface area contributed by atoms with E-state index in [0.29, 0.717) is 28.2 Å². The molecule has 2 atom stereocenters. The molecule has 0 saturated heterocycles. The molecule has 0 radical (unpaired) electrons. The van der Waals surface area contributed by atoms with Gasteiger partial charge in [0.25, 0.3) is 0 Å². The van der Waals surface area contributed by atoms with E-state index < -0.39 is 0 Å². The fourth-order valence-electron chi connectivity index (χ4n) is 3.42. The van der Waals surface area contributed by atoms with Crippen molar-refractivity contribution in [3.8, 4) is 11.5 Å². The average molecular weight is 518 g/mol. The zero-order chi connectivity index (χ0) is 21.5. The predicted octanol–water partition coefficient (Wildman–Crippen LogP) is 7.21. The van der Waals surface area contributed by atoms with Crippen molar-refractivity contribution in [3.05, 3.63) is 84.9 Å². The number of alkyl halides is 2. The van der Waals surface area contributed by atoms with Gasteiger partial charge in [-0.15, -0.1) is 0 Å². The average Bonchev–Trinajstić information content (AvgIpc) is 2.81. The van der Waals surface area contributed by atoms with Crippen LogP contribution in [0.25, 0.3) is 21.5 Å². The second-order valence-electron chi connectivity index (χ2n) is 7.31. The van der Waals surface area contributed by atoms with Gasteiger partial charge in [-0.3, -0.25) is 0 Å². The predicted molar refractivity (Wildman–Crippen MR) is 134 cm³/mol. The van der Waals surface area contributed by atoms with Crippen molar-refractivity contribution < 1.29 is 9.47 Å². The minimum absolute atomic E-state index is 0.0261. The fraction of sp³-hybridized carbons (Fsp3) is 0.231. The molecule has 4 aromatic carbocycles. The Labute approximate surface area is 199 Å². The van der Waals surface area contributed by atoms with Gasteiger partial charge in [0.2, 0.25) is 0 Å². The molecular formula is C26H24Cl2O2Se. The number of rotatable bonds is 10. The summed E-state index contributed by atoms with van der Waals surface area (Å²) in [6, 6.07) is 28.6. The number of hydrogen-bond acceptors (Lipinski definition) is 2. The van der Waals surface area contributed by atoms with Crippen LogP contribution in [-0.4, -0.2) is 38.9 Å². The summed E-state index contributed by atoms with van der Waals surface area (Å²) in [5.74, 6) is 1.77. The molecule has 2 unspecified atom stereocenters. The molecule has 0 N–H and O–H groups in total. The standard InChI is InChI=1S/C26H24Cl2O2Se/c27-21(15-29-25-13-5-9-19-7-1-3-11-23(19)25)17-31-18-22(28)16-30-26-14-6-10-20-8-2-4-12-24(20)26/h1-14,21-22H,15-18H2. The zero-order valence-electron chi connectivity index (χ0n) is 17.0. The van der Waals surface area contributed by atoms with E-state index >= 15 is 0 Å². The summed E-state index contributed by atoms with van der Waals surface area (Å²) >= 11 is 13.4. The summed E-state index contributed by atoms with van der Waals surface area (Å²) in [4.78, 5) is 0. The van der Waals surface area contributed by atoms with Crippen LogP contribution in [0, 0.1) is 0 Å². The Balaban J connectivity index is 1.20. The van der Waals surface area contributed by atoms with E-state index in [0.717, 1.165) is 32.9 Å². The summed E-state index contributed by atoms with van der Waals surface area (Å²) in [6.45, 7) is 0.994. The Morgan fingerprint density at radius 1 is 0.581 bits per heavy atom. The van der Waals surface area contributed by atoms with Gasteiger partial charge in [0.15, 0.2) is 0 Å². The van der Waals surface area contributed by atoms with Gasteiger partial charge < -0.3 is 0 Å². The molecule has 160 valence electrons. The molecule has 4 rings (SSSR count). The number of ether oxygens (including phenoxy) is 2. The zero-order valence-corrected chi connectivity index (χ0v) is 20.3. The van der Waals surface area contributed by atoms with Gasteiger partial charge in [-0.1, -0.05) is 0 Å². The van der Waals surface area contributed by atoms with Crippen molar-refractivity contribution in [2.45, 2.75) is 21.4 Å². The van der Waals surface area contributed by atoms with Gasteiger partial charge in [0.1, 0.15) is 0 Å². The molecule has 0 saturated carbocycles. The molecule has 4 aromatic rings. The fourth-order valence-corrected chi connectivity index (χ4v) is 6.24. The summed E-state index contributed by atoms with van der Waals surface area (Å²) in [5, 5.41) is 6.35. The minimum atomic E-state index is -0.0261. The van der Waals surface area contributed by atoms with Gasteiger partial charge in [0.05, 0.1) is 0 Å². The number of halogens is 2. The maximum absolute atomic E-state index is 6.52. The van der Waals surface area contributed by atoms with Crippen LogP contribution in [0.3, 0.4) is 0 Å². The number of benzene rings is 4. The second-order valence-corrected chi connectivity index (χ2v) is 10.8. The quantitative estimate of drug-likeness (QED) is 0.163. The van der Waals surface area contributed by atoms with Crippen LogP contribution in [0.4, 0.5) is 0 Å². The van der Waals surface area contributed by atoms with Crippen molar-refractivity contribution in [2.24, 2.45) is 0 Å². The second kappa shape index (κ2) is 11.1. The van der Waals surface area contributed by atoms with E-state index in [1.807, 2.05) is 48.5 Å². The normalized spacial score (nSPS) is 13.2. The molecule has 5 heteroatoms. The topological polar surface area (TPSA) is 18.5 Å². The first-order valence-corrected chi connectivity index (χ1v) is 13.6. The van der Waals surface area contributed by atoms with E-state index in [2.05, 4.69) is 36.4 Å². The maximum atomic E-state index is 6.52. The van der Waals surface area contributed by atoms with Gasteiger partial charge >= 0.3 is 200 Å². The van der Waals surface area contributed by atoms with E-state index in [-0.39, 0.29) is 10.8 Å². The Morgan fingerprint density at radius 3 is 1.48 bits per heavy atom. The van der Waals surface area contributed by atoms with Crippen LogP contribution < -0.4 is 9.47 Å². The van der Waals surface area contributed by atoms with E-state index in [9.17, 15) is 0 Å². The third-order valence-corrected chi connectivity index (χ3v) is 9.00. The first kappa shape index (κ1) is 22.3. The van der Waals surface area contributed by atoms with E-state index in [4.69, 9.17) is 32.7 Å². The van der Waals surface area contributed by atoms with Crippen LogP contribution >= 0.6 is 23.2 Å².